The molecule has 9 heteroatoms. The predicted octanol–water partition coefficient (Wildman–Crippen LogP) is 0.283. The molecule has 6 nitrogen and oxygen atoms in total. The summed E-state index contributed by atoms with van der Waals surface area (Å²) in [4.78, 5) is 25.1. The number of benzene rings is 1. The summed E-state index contributed by atoms with van der Waals surface area (Å²) in [6.45, 7) is -0.663. The Morgan fingerprint density at radius 3 is 2.50 bits per heavy atom. The lowest BCUT2D eigenvalue weighted by molar-refractivity contribution is -0.136. The van der Waals surface area contributed by atoms with E-state index in [-0.39, 0.29) is 17.6 Å². The molecule has 2 aromatic rings. The van der Waals surface area contributed by atoms with E-state index in [0.29, 0.717) is 6.07 Å². The number of H-pyrrole nitrogens is 1. The third-order valence-electron chi connectivity index (χ3n) is 2.78. The average Bonchev–Trinajstić information content (AvgIpc) is 2.34. The molecule has 0 unspecified atom stereocenters. The van der Waals surface area contributed by atoms with Crippen LogP contribution in [-0.2, 0) is 12.7 Å². The number of rotatable bonds is 2. The number of nitrogen functional groups attached to an aromatic ring is 1. The van der Waals surface area contributed by atoms with E-state index in [1.165, 1.54) is 0 Å². The van der Waals surface area contributed by atoms with Crippen LogP contribution in [0.3, 0.4) is 0 Å². The van der Waals surface area contributed by atoms with Gasteiger partial charge in [-0.3, -0.25) is 14.2 Å². The Bertz CT molecular complexity index is 777. The molecule has 0 fully saturated rings. The summed E-state index contributed by atoms with van der Waals surface area (Å²) >= 11 is 0. The summed E-state index contributed by atoms with van der Waals surface area (Å²) < 4.78 is 39.1. The Hall–Kier alpha value is -2.29. The van der Waals surface area contributed by atoms with Crippen molar-refractivity contribution in [3.05, 3.63) is 38.4 Å². The van der Waals surface area contributed by atoms with E-state index >= 15 is 0 Å². The second-order valence-corrected chi connectivity index (χ2v) is 4.09. The summed E-state index contributed by atoms with van der Waals surface area (Å²) in [6.07, 6.45) is -4.67. The molecule has 0 radical (unpaired) electrons. The monoisotopic (exact) mass is 289 g/mol. The normalized spacial score (nSPS) is 12.0. The number of aliphatic hydroxyl groups excluding tert-OH is 1. The number of nitrogens with one attached hydrogen (secondary N) is 1. The Morgan fingerprint density at radius 1 is 1.30 bits per heavy atom. The van der Waals surface area contributed by atoms with Crippen LogP contribution in [0.5, 0.6) is 0 Å². The van der Waals surface area contributed by atoms with Gasteiger partial charge in [-0.25, -0.2) is 0 Å². The molecule has 1 aromatic heterocycles. The van der Waals surface area contributed by atoms with Crippen molar-refractivity contribution in [1.82, 2.24) is 9.55 Å². The number of aromatic nitrogens is 2. The molecule has 0 spiro atoms. The van der Waals surface area contributed by atoms with Gasteiger partial charge in [0.05, 0.1) is 23.2 Å². The highest BCUT2D eigenvalue weighted by molar-refractivity contribution is 5.80. The molecule has 1 aromatic carbocycles. The number of aliphatic hydroxyl groups is 1. The fourth-order valence-corrected chi connectivity index (χ4v) is 1.90. The maximum atomic E-state index is 12.7. The van der Waals surface area contributed by atoms with Gasteiger partial charge < -0.3 is 15.8 Å². The lowest BCUT2D eigenvalue weighted by Crippen LogP contribution is -2.37. The van der Waals surface area contributed by atoms with Crippen LogP contribution in [0, 0.1) is 0 Å². The molecule has 1 heterocycles. The van der Waals surface area contributed by atoms with E-state index < -0.39 is 35.2 Å². The molecule has 0 saturated heterocycles. The van der Waals surface area contributed by atoms with Gasteiger partial charge in [-0.2, -0.15) is 13.2 Å². The lowest BCUT2D eigenvalue weighted by atomic mass is 10.1. The number of aromatic amines is 1. The van der Waals surface area contributed by atoms with E-state index in [1.807, 2.05) is 0 Å². The minimum absolute atomic E-state index is 0.0224. The molecule has 0 saturated carbocycles. The molecule has 4 N–H and O–H groups in total. The zero-order valence-electron chi connectivity index (χ0n) is 9.99. The van der Waals surface area contributed by atoms with Crippen LogP contribution in [0.2, 0.25) is 0 Å². The van der Waals surface area contributed by atoms with Gasteiger partial charge in [0, 0.05) is 12.2 Å². The first-order chi connectivity index (χ1) is 9.25. The zero-order valence-corrected chi connectivity index (χ0v) is 9.99. The second-order valence-electron chi connectivity index (χ2n) is 4.09. The predicted molar refractivity (Wildman–Crippen MR) is 65.3 cm³/mol. The number of fused-ring (bicyclic) bond motifs is 1. The van der Waals surface area contributed by atoms with E-state index in [0.717, 1.165) is 10.6 Å². The third kappa shape index (κ3) is 2.27. The zero-order chi connectivity index (χ0) is 15.1. The molecule has 2 rings (SSSR count). The van der Waals surface area contributed by atoms with Gasteiger partial charge in [0.2, 0.25) is 0 Å². The second kappa shape index (κ2) is 4.67. The quantitative estimate of drug-likeness (QED) is 0.546. The summed E-state index contributed by atoms with van der Waals surface area (Å²) in [5, 5.41) is 8.86. The van der Waals surface area contributed by atoms with Crippen LogP contribution in [0.15, 0.2) is 21.7 Å². The Morgan fingerprint density at radius 2 is 1.95 bits per heavy atom. The summed E-state index contributed by atoms with van der Waals surface area (Å²) in [7, 11) is 0. The highest BCUT2D eigenvalue weighted by atomic mass is 19.4. The lowest BCUT2D eigenvalue weighted by Gasteiger charge is -2.13. The van der Waals surface area contributed by atoms with Crippen molar-refractivity contribution in [2.24, 2.45) is 0 Å². The Labute approximate surface area is 109 Å². The molecule has 0 atom stereocenters. The van der Waals surface area contributed by atoms with Crippen molar-refractivity contribution >= 4 is 16.7 Å². The molecule has 108 valence electrons. The van der Waals surface area contributed by atoms with Gasteiger partial charge >= 0.3 is 17.3 Å². The average molecular weight is 289 g/mol. The SMILES string of the molecule is Nc1cc2c(cc1C(F)(F)F)[nH]c(=O)c(=O)n2CCO. The number of halogens is 3. The molecule has 20 heavy (non-hydrogen) atoms. The summed E-state index contributed by atoms with van der Waals surface area (Å²) in [5.41, 5.74) is 1.48. The standard InChI is InChI=1S/C11H10F3N3O3/c12-11(13,14)5-3-7-8(4-6(5)15)17(1-2-18)10(20)9(19)16-7/h3-4,18H,1-2,15H2,(H,16,19). The van der Waals surface area contributed by atoms with Crippen LogP contribution < -0.4 is 16.9 Å². The minimum atomic E-state index is -4.67. The molecule has 0 bridgehead atoms. The minimum Gasteiger partial charge on any atom is -0.398 e. The first-order valence-corrected chi connectivity index (χ1v) is 5.50. The van der Waals surface area contributed by atoms with Crippen LogP contribution in [0.25, 0.3) is 11.0 Å². The van der Waals surface area contributed by atoms with Crippen molar-refractivity contribution in [3.63, 3.8) is 0 Å². The number of nitrogens with two attached hydrogens (primary N) is 1. The van der Waals surface area contributed by atoms with Crippen LogP contribution in [0.4, 0.5) is 18.9 Å². The Balaban J connectivity index is 2.88. The van der Waals surface area contributed by atoms with Crippen LogP contribution >= 0.6 is 0 Å². The van der Waals surface area contributed by atoms with Crippen molar-refractivity contribution in [1.29, 1.82) is 0 Å². The first-order valence-electron chi connectivity index (χ1n) is 5.50. The van der Waals surface area contributed by atoms with E-state index in [4.69, 9.17) is 10.8 Å². The van der Waals surface area contributed by atoms with Gasteiger partial charge in [-0.1, -0.05) is 0 Å². The summed E-state index contributed by atoms with van der Waals surface area (Å²) in [5.74, 6) is 0. The molecule has 0 aliphatic heterocycles. The van der Waals surface area contributed by atoms with Gasteiger partial charge in [-0.15, -0.1) is 0 Å². The van der Waals surface area contributed by atoms with E-state index in [1.54, 1.807) is 0 Å². The number of nitrogens with zero attached hydrogens (tertiary/aromatic N) is 1. The van der Waals surface area contributed by atoms with Crippen LogP contribution in [0.1, 0.15) is 5.56 Å². The van der Waals surface area contributed by atoms with Gasteiger partial charge in [0.15, 0.2) is 0 Å². The van der Waals surface area contributed by atoms with Crippen molar-refractivity contribution in [2.75, 3.05) is 12.3 Å². The fraction of sp³-hybridized carbons (Fsp3) is 0.273. The molecule has 0 amide bonds. The number of hydrogen-bond donors (Lipinski definition) is 3. The topological polar surface area (TPSA) is 101 Å². The van der Waals surface area contributed by atoms with E-state index in [9.17, 15) is 22.8 Å². The van der Waals surface area contributed by atoms with Crippen molar-refractivity contribution in [3.8, 4) is 0 Å². The van der Waals surface area contributed by atoms with Crippen molar-refractivity contribution in [2.45, 2.75) is 12.7 Å². The molecular weight excluding hydrogens is 279 g/mol. The number of anilines is 1. The largest absolute Gasteiger partial charge is 0.418 e. The van der Waals surface area contributed by atoms with Crippen molar-refractivity contribution < 1.29 is 18.3 Å². The fourth-order valence-electron chi connectivity index (χ4n) is 1.90. The first kappa shape index (κ1) is 14.1. The molecular formula is C11H10F3N3O3. The molecule has 0 aliphatic carbocycles. The van der Waals surface area contributed by atoms with Crippen LogP contribution in [-0.4, -0.2) is 21.3 Å². The number of hydrogen-bond acceptors (Lipinski definition) is 4. The maximum absolute atomic E-state index is 12.7. The maximum Gasteiger partial charge on any atom is 0.418 e. The number of alkyl halides is 3. The molecule has 0 aliphatic rings. The van der Waals surface area contributed by atoms with Gasteiger partial charge in [0.1, 0.15) is 0 Å². The highest BCUT2D eigenvalue weighted by Gasteiger charge is 2.33. The highest BCUT2D eigenvalue weighted by Crippen LogP contribution is 2.35. The Kier molecular flexibility index (Phi) is 3.30. The smallest absolute Gasteiger partial charge is 0.398 e. The third-order valence-corrected chi connectivity index (χ3v) is 2.78. The van der Waals surface area contributed by atoms with Gasteiger partial charge in [-0.05, 0) is 12.1 Å². The summed E-state index contributed by atoms with van der Waals surface area (Å²) in [6, 6.07) is 1.62. The van der Waals surface area contributed by atoms with E-state index in [2.05, 4.69) is 4.98 Å². The van der Waals surface area contributed by atoms with Gasteiger partial charge in [0.25, 0.3) is 0 Å².